The Morgan fingerprint density at radius 1 is 1.11 bits per heavy atom. The summed E-state index contributed by atoms with van der Waals surface area (Å²) in [6.45, 7) is 2.04. The van der Waals surface area contributed by atoms with Gasteiger partial charge in [-0.3, -0.25) is 0 Å². The SMILES string of the molecule is Cc1ccccc1C(=O)OCc1ccc(Cl)c(Cl)c1. The molecule has 0 saturated carbocycles. The van der Waals surface area contributed by atoms with E-state index in [0.717, 1.165) is 11.1 Å². The zero-order valence-electron chi connectivity index (χ0n) is 10.3. The van der Waals surface area contributed by atoms with Crippen LogP contribution in [-0.4, -0.2) is 5.97 Å². The highest BCUT2D eigenvalue weighted by Gasteiger charge is 2.10. The Bertz CT molecular complexity index is 609. The molecule has 0 aliphatic carbocycles. The highest BCUT2D eigenvalue weighted by atomic mass is 35.5. The smallest absolute Gasteiger partial charge is 0.338 e. The molecule has 0 unspecified atom stereocenters. The van der Waals surface area contributed by atoms with Gasteiger partial charge >= 0.3 is 5.97 Å². The van der Waals surface area contributed by atoms with E-state index in [2.05, 4.69) is 0 Å². The number of carbonyl (C=O) groups excluding carboxylic acids is 1. The molecule has 0 atom stereocenters. The molecule has 0 aliphatic heterocycles. The van der Waals surface area contributed by atoms with Gasteiger partial charge in [-0.05, 0) is 36.2 Å². The van der Waals surface area contributed by atoms with Gasteiger partial charge in [-0.1, -0.05) is 47.5 Å². The Morgan fingerprint density at radius 2 is 1.84 bits per heavy atom. The lowest BCUT2D eigenvalue weighted by molar-refractivity contribution is 0.0472. The molecule has 2 nitrogen and oxygen atoms in total. The van der Waals surface area contributed by atoms with E-state index in [1.54, 1.807) is 24.3 Å². The van der Waals surface area contributed by atoms with Gasteiger partial charge in [-0.2, -0.15) is 0 Å². The van der Waals surface area contributed by atoms with E-state index in [0.29, 0.717) is 15.6 Å². The van der Waals surface area contributed by atoms with Gasteiger partial charge in [0.05, 0.1) is 15.6 Å². The second-order valence-electron chi connectivity index (χ2n) is 4.14. The van der Waals surface area contributed by atoms with Gasteiger partial charge in [-0.15, -0.1) is 0 Å². The standard InChI is InChI=1S/C15H12Cl2O2/c1-10-4-2-3-5-12(10)15(18)19-9-11-6-7-13(16)14(17)8-11/h2-8H,9H2,1H3. The van der Waals surface area contributed by atoms with E-state index < -0.39 is 0 Å². The van der Waals surface area contributed by atoms with Crippen LogP contribution in [0, 0.1) is 6.92 Å². The number of rotatable bonds is 3. The van der Waals surface area contributed by atoms with Crippen LogP contribution in [0.25, 0.3) is 0 Å². The number of esters is 1. The van der Waals surface area contributed by atoms with E-state index in [1.165, 1.54) is 0 Å². The molecule has 0 amide bonds. The molecule has 4 heteroatoms. The average Bonchev–Trinajstić information content (AvgIpc) is 2.40. The molecule has 2 aromatic carbocycles. The third-order valence-corrected chi connectivity index (χ3v) is 3.46. The van der Waals surface area contributed by atoms with Crippen LogP contribution in [0.15, 0.2) is 42.5 Å². The van der Waals surface area contributed by atoms with Crippen LogP contribution < -0.4 is 0 Å². The Kier molecular flexibility index (Phi) is 4.46. The first-order valence-electron chi connectivity index (χ1n) is 5.74. The van der Waals surface area contributed by atoms with Crippen molar-refractivity contribution in [2.24, 2.45) is 0 Å². The summed E-state index contributed by atoms with van der Waals surface area (Å²) in [5.74, 6) is -0.343. The van der Waals surface area contributed by atoms with Crippen molar-refractivity contribution >= 4 is 29.2 Å². The Balaban J connectivity index is 2.04. The zero-order chi connectivity index (χ0) is 13.8. The largest absolute Gasteiger partial charge is 0.457 e. The number of hydrogen-bond donors (Lipinski definition) is 0. The number of ether oxygens (including phenoxy) is 1. The maximum atomic E-state index is 11.9. The van der Waals surface area contributed by atoms with Crippen molar-refractivity contribution in [2.75, 3.05) is 0 Å². The maximum Gasteiger partial charge on any atom is 0.338 e. The maximum absolute atomic E-state index is 11.9. The summed E-state index contributed by atoms with van der Waals surface area (Å²) in [5.41, 5.74) is 2.26. The van der Waals surface area contributed by atoms with Crippen LogP contribution in [0.3, 0.4) is 0 Å². The van der Waals surface area contributed by atoms with Crippen molar-refractivity contribution in [1.82, 2.24) is 0 Å². The van der Waals surface area contributed by atoms with Crippen LogP contribution >= 0.6 is 23.2 Å². The summed E-state index contributed by atoms with van der Waals surface area (Å²) in [7, 11) is 0. The molecule has 19 heavy (non-hydrogen) atoms. The predicted octanol–water partition coefficient (Wildman–Crippen LogP) is 4.66. The quantitative estimate of drug-likeness (QED) is 0.770. The summed E-state index contributed by atoms with van der Waals surface area (Å²) < 4.78 is 5.25. The molecular weight excluding hydrogens is 283 g/mol. The summed E-state index contributed by atoms with van der Waals surface area (Å²) in [6.07, 6.45) is 0. The number of hydrogen-bond acceptors (Lipinski definition) is 2. The number of carbonyl (C=O) groups is 1. The van der Waals surface area contributed by atoms with Gasteiger partial charge in [-0.25, -0.2) is 4.79 Å². The van der Waals surface area contributed by atoms with Gasteiger partial charge in [0.15, 0.2) is 0 Å². The van der Waals surface area contributed by atoms with E-state index in [4.69, 9.17) is 27.9 Å². The molecule has 0 bridgehead atoms. The lowest BCUT2D eigenvalue weighted by atomic mass is 10.1. The molecule has 0 radical (unpaired) electrons. The third-order valence-electron chi connectivity index (χ3n) is 2.72. The molecule has 2 aromatic rings. The first-order valence-corrected chi connectivity index (χ1v) is 6.50. The van der Waals surface area contributed by atoms with Crippen LogP contribution in [0.4, 0.5) is 0 Å². The van der Waals surface area contributed by atoms with Crippen molar-refractivity contribution in [3.05, 3.63) is 69.2 Å². The van der Waals surface area contributed by atoms with Gasteiger partial charge in [0, 0.05) is 0 Å². The van der Waals surface area contributed by atoms with Crippen molar-refractivity contribution < 1.29 is 9.53 Å². The van der Waals surface area contributed by atoms with E-state index in [-0.39, 0.29) is 12.6 Å². The van der Waals surface area contributed by atoms with Gasteiger partial charge in [0.1, 0.15) is 6.61 Å². The number of aryl methyl sites for hydroxylation is 1. The minimum absolute atomic E-state index is 0.171. The van der Waals surface area contributed by atoms with Gasteiger partial charge < -0.3 is 4.74 Å². The molecule has 2 rings (SSSR count). The summed E-state index contributed by atoms with van der Waals surface area (Å²) in [5, 5.41) is 0.932. The molecule has 0 aliphatic rings. The van der Waals surface area contributed by atoms with Crippen LogP contribution in [0.1, 0.15) is 21.5 Å². The van der Waals surface area contributed by atoms with Crippen LogP contribution in [-0.2, 0) is 11.3 Å². The fourth-order valence-corrected chi connectivity index (χ4v) is 1.98. The topological polar surface area (TPSA) is 26.3 Å². The van der Waals surface area contributed by atoms with Crippen LogP contribution in [0.5, 0.6) is 0 Å². The molecule has 0 fully saturated rings. The van der Waals surface area contributed by atoms with E-state index in [9.17, 15) is 4.79 Å². The molecule has 0 aromatic heterocycles. The van der Waals surface area contributed by atoms with Crippen molar-refractivity contribution in [3.8, 4) is 0 Å². The fourth-order valence-electron chi connectivity index (χ4n) is 1.66. The van der Waals surface area contributed by atoms with Crippen LogP contribution in [0.2, 0.25) is 10.0 Å². The Labute approximate surface area is 121 Å². The molecule has 0 saturated heterocycles. The summed E-state index contributed by atoms with van der Waals surface area (Å²) in [6, 6.07) is 12.4. The Hall–Kier alpha value is -1.51. The zero-order valence-corrected chi connectivity index (χ0v) is 11.8. The molecule has 0 N–H and O–H groups in total. The highest BCUT2D eigenvalue weighted by Crippen LogP contribution is 2.23. The summed E-state index contributed by atoms with van der Waals surface area (Å²) in [4.78, 5) is 11.9. The van der Waals surface area contributed by atoms with E-state index >= 15 is 0 Å². The number of benzene rings is 2. The summed E-state index contributed by atoms with van der Waals surface area (Å²) >= 11 is 11.7. The minimum atomic E-state index is -0.343. The molecule has 98 valence electrons. The lowest BCUT2D eigenvalue weighted by Gasteiger charge is -2.07. The minimum Gasteiger partial charge on any atom is -0.457 e. The molecule has 0 heterocycles. The van der Waals surface area contributed by atoms with Gasteiger partial charge in [0.25, 0.3) is 0 Å². The Morgan fingerprint density at radius 3 is 2.53 bits per heavy atom. The van der Waals surface area contributed by atoms with Crippen molar-refractivity contribution in [1.29, 1.82) is 0 Å². The molecule has 0 spiro atoms. The fraction of sp³-hybridized carbons (Fsp3) is 0.133. The normalized spacial score (nSPS) is 10.3. The second-order valence-corrected chi connectivity index (χ2v) is 4.95. The van der Waals surface area contributed by atoms with E-state index in [1.807, 2.05) is 25.1 Å². The predicted molar refractivity (Wildman–Crippen MR) is 76.8 cm³/mol. The van der Waals surface area contributed by atoms with Crippen molar-refractivity contribution in [2.45, 2.75) is 13.5 Å². The lowest BCUT2D eigenvalue weighted by Crippen LogP contribution is -2.06. The first kappa shape index (κ1) is 13.9. The first-order chi connectivity index (χ1) is 9.08. The third kappa shape index (κ3) is 3.49. The highest BCUT2D eigenvalue weighted by molar-refractivity contribution is 6.42. The second kappa shape index (κ2) is 6.09. The monoisotopic (exact) mass is 294 g/mol. The van der Waals surface area contributed by atoms with Crippen molar-refractivity contribution in [3.63, 3.8) is 0 Å². The average molecular weight is 295 g/mol. The number of halogens is 2. The van der Waals surface area contributed by atoms with Gasteiger partial charge in [0.2, 0.25) is 0 Å². The molecular formula is C15H12Cl2O2.